The molecule has 0 aromatic heterocycles. The van der Waals surface area contributed by atoms with Gasteiger partial charge in [0, 0.05) is 5.69 Å². The molecule has 5 nitrogen and oxygen atoms in total. The van der Waals surface area contributed by atoms with Crippen molar-refractivity contribution in [3.63, 3.8) is 0 Å². The van der Waals surface area contributed by atoms with E-state index in [0.29, 0.717) is 16.8 Å². The highest BCUT2D eigenvalue weighted by atomic mass is 32.2. The summed E-state index contributed by atoms with van der Waals surface area (Å²) in [5, 5.41) is 2.96. The third kappa shape index (κ3) is 5.00. The van der Waals surface area contributed by atoms with Crippen molar-refractivity contribution < 1.29 is 13.2 Å². The lowest BCUT2D eigenvalue weighted by molar-refractivity contribution is -0.114. The van der Waals surface area contributed by atoms with Crippen molar-refractivity contribution >= 4 is 27.3 Å². The van der Waals surface area contributed by atoms with Crippen LogP contribution in [0.1, 0.15) is 60.8 Å². The highest BCUT2D eigenvalue weighted by Crippen LogP contribution is 2.60. The molecule has 7 rings (SSSR count). The molecule has 6 heteroatoms. The van der Waals surface area contributed by atoms with Gasteiger partial charge >= 0.3 is 0 Å². The second kappa shape index (κ2) is 9.81. The van der Waals surface area contributed by atoms with Gasteiger partial charge in [-0.15, -0.1) is 0 Å². The first-order chi connectivity index (χ1) is 18.6. The zero-order valence-electron chi connectivity index (χ0n) is 23.1. The Kier molecular flexibility index (Phi) is 6.57. The fourth-order valence-corrected chi connectivity index (χ4v) is 9.41. The van der Waals surface area contributed by atoms with Crippen molar-refractivity contribution in [2.24, 2.45) is 17.8 Å². The molecule has 204 valence electrons. The number of nitrogens with one attached hydrogen (secondary N) is 1. The third-order valence-corrected chi connectivity index (χ3v) is 11.1. The van der Waals surface area contributed by atoms with E-state index in [4.69, 9.17) is 0 Å². The van der Waals surface area contributed by atoms with Crippen LogP contribution in [0.2, 0.25) is 0 Å². The number of aryl methyl sites for hydroxylation is 3. The lowest BCUT2D eigenvalue weighted by atomic mass is 9.48. The van der Waals surface area contributed by atoms with Crippen LogP contribution < -0.4 is 9.62 Å². The maximum Gasteiger partial charge on any atom is 0.264 e. The molecule has 1 N–H and O–H groups in total. The number of hydrogen-bond acceptors (Lipinski definition) is 3. The summed E-state index contributed by atoms with van der Waals surface area (Å²) in [6, 6.07) is 20.7. The highest BCUT2D eigenvalue weighted by Gasteiger charge is 2.51. The molecule has 0 aliphatic heterocycles. The minimum Gasteiger partial charge on any atom is -0.325 e. The molecule has 1 amide bonds. The van der Waals surface area contributed by atoms with Crippen molar-refractivity contribution in [3.05, 3.63) is 89.0 Å². The standard InChI is InChI=1S/C33H38N2O3S/c1-22-4-11-30(12-5-22)39(37,38)35(31-13-6-23(2)14-24(31)3)21-32(36)34-29-9-7-28(8-10-29)33-18-25-15-26(19-33)17-27(16-25)20-33/h4-14,25-27H,15-21H2,1-3H3,(H,34,36). The number of nitrogens with zero attached hydrogens (tertiary/aromatic N) is 1. The highest BCUT2D eigenvalue weighted by molar-refractivity contribution is 7.92. The van der Waals surface area contributed by atoms with Crippen LogP contribution in [-0.4, -0.2) is 20.9 Å². The summed E-state index contributed by atoms with van der Waals surface area (Å²) in [7, 11) is -3.95. The van der Waals surface area contributed by atoms with E-state index in [1.54, 1.807) is 30.3 Å². The Hall–Kier alpha value is -3.12. The van der Waals surface area contributed by atoms with E-state index in [-0.39, 0.29) is 17.3 Å². The quantitative estimate of drug-likeness (QED) is 0.353. The number of carbonyl (C=O) groups excluding carboxylic acids is 1. The SMILES string of the molecule is Cc1ccc(S(=O)(=O)N(CC(=O)Nc2ccc(C34CC5CC(CC(C5)C3)C4)cc2)c2ccc(C)cc2C)cc1. The van der Waals surface area contributed by atoms with E-state index in [1.165, 1.54) is 48.4 Å². The summed E-state index contributed by atoms with van der Waals surface area (Å²) in [6.07, 6.45) is 8.13. The molecule has 4 bridgehead atoms. The van der Waals surface area contributed by atoms with Crippen molar-refractivity contribution in [2.45, 2.75) is 69.6 Å². The van der Waals surface area contributed by atoms with E-state index in [9.17, 15) is 13.2 Å². The van der Waals surface area contributed by atoms with Gasteiger partial charge in [0.2, 0.25) is 5.91 Å². The van der Waals surface area contributed by atoms with Crippen LogP contribution in [0.15, 0.2) is 71.6 Å². The summed E-state index contributed by atoms with van der Waals surface area (Å²) >= 11 is 0. The normalized spacial score (nSPS) is 25.5. The van der Waals surface area contributed by atoms with Crippen LogP contribution >= 0.6 is 0 Å². The Morgan fingerprint density at radius 1 is 0.821 bits per heavy atom. The van der Waals surface area contributed by atoms with Crippen LogP contribution in [0.3, 0.4) is 0 Å². The van der Waals surface area contributed by atoms with Crippen molar-refractivity contribution in [1.82, 2.24) is 0 Å². The number of benzene rings is 3. The number of carbonyl (C=O) groups is 1. The van der Waals surface area contributed by atoms with Crippen molar-refractivity contribution in [2.75, 3.05) is 16.2 Å². The molecule has 39 heavy (non-hydrogen) atoms. The molecule has 0 unspecified atom stereocenters. The zero-order valence-corrected chi connectivity index (χ0v) is 23.9. The lowest BCUT2D eigenvalue weighted by Gasteiger charge is -2.57. The van der Waals surface area contributed by atoms with Gasteiger partial charge in [0.25, 0.3) is 10.0 Å². The van der Waals surface area contributed by atoms with E-state index >= 15 is 0 Å². The van der Waals surface area contributed by atoms with Gasteiger partial charge in [-0.25, -0.2) is 8.42 Å². The van der Waals surface area contributed by atoms with Gasteiger partial charge in [0.1, 0.15) is 6.54 Å². The molecule has 0 radical (unpaired) electrons. The van der Waals surface area contributed by atoms with E-state index < -0.39 is 10.0 Å². The average Bonchev–Trinajstić information content (AvgIpc) is 2.87. The topological polar surface area (TPSA) is 66.5 Å². The molecule has 0 atom stereocenters. The molecule has 0 heterocycles. The minimum atomic E-state index is -3.95. The van der Waals surface area contributed by atoms with Crippen LogP contribution in [0, 0.1) is 38.5 Å². The van der Waals surface area contributed by atoms with Crippen LogP contribution in [0.25, 0.3) is 0 Å². The number of rotatable bonds is 7. The second-order valence-electron chi connectivity index (χ2n) is 12.4. The van der Waals surface area contributed by atoms with Crippen molar-refractivity contribution in [3.8, 4) is 0 Å². The van der Waals surface area contributed by atoms with Gasteiger partial charge in [-0.1, -0.05) is 47.5 Å². The van der Waals surface area contributed by atoms with E-state index in [2.05, 4.69) is 17.4 Å². The lowest BCUT2D eigenvalue weighted by Crippen LogP contribution is -2.48. The molecule has 0 spiro atoms. The first kappa shape index (κ1) is 26.1. The number of amides is 1. The maximum atomic E-state index is 13.8. The Morgan fingerprint density at radius 2 is 1.38 bits per heavy atom. The van der Waals surface area contributed by atoms with Gasteiger partial charge in [-0.05, 0) is 124 Å². The van der Waals surface area contributed by atoms with Crippen molar-refractivity contribution in [1.29, 1.82) is 0 Å². The Labute approximate surface area is 232 Å². The molecule has 0 saturated heterocycles. The predicted octanol–water partition coefficient (Wildman–Crippen LogP) is 6.91. The monoisotopic (exact) mass is 542 g/mol. The Morgan fingerprint density at radius 3 is 1.95 bits per heavy atom. The van der Waals surface area contributed by atoms with Gasteiger partial charge < -0.3 is 5.32 Å². The summed E-state index contributed by atoms with van der Waals surface area (Å²) in [5.41, 5.74) is 5.72. The summed E-state index contributed by atoms with van der Waals surface area (Å²) in [5.74, 6) is 2.26. The van der Waals surface area contributed by atoms with Gasteiger partial charge in [-0.3, -0.25) is 9.10 Å². The number of hydrogen-bond donors (Lipinski definition) is 1. The summed E-state index contributed by atoms with van der Waals surface area (Å²) < 4.78 is 28.8. The number of anilines is 2. The maximum absolute atomic E-state index is 13.8. The molecule has 4 aliphatic rings. The first-order valence-corrected chi connectivity index (χ1v) is 15.6. The van der Waals surface area contributed by atoms with Crippen LogP contribution in [0.4, 0.5) is 11.4 Å². The molecule has 4 aliphatic carbocycles. The molecule has 3 aromatic rings. The van der Waals surface area contributed by atoms with Crippen LogP contribution in [-0.2, 0) is 20.2 Å². The van der Waals surface area contributed by atoms with E-state index in [0.717, 1.165) is 34.4 Å². The van der Waals surface area contributed by atoms with Gasteiger partial charge in [0.15, 0.2) is 0 Å². The molecule has 4 fully saturated rings. The fraction of sp³-hybridized carbons (Fsp3) is 0.424. The second-order valence-corrected chi connectivity index (χ2v) is 14.3. The average molecular weight is 543 g/mol. The summed E-state index contributed by atoms with van der Waals surface area (Å²) in [6.45, 7) is 5.45. The summed E-state index contributed by atoms with van der Waals surface area (Å²) in [4.78, 5) is 13.5. The molecule has 4 saturated carbocycles. The largest absolute Gasteiger partial charge is 0.325 e. The van der Waals surface area contributed by atoms with Gasteiger partial charge in [-0.2, -0.15) is 0 Å². The number of sulfonamides is 1. The fourth-order valence-electron chi connectivity index (χ4n) is 7.92. The van der Waals surface area contributed by atoms with Crippen LogP contribution in [0.5, 0.6) is 0 Å². The molecular weight excluding hydrogens is 504 g/mol. The minimum absolute atomic E-state index is 0.167. The Balaban J connectivity index is 1.23. The Bertz CT molecular complexity index is 1460. The first-order valence-electron chi connectivity index (χ1n) is 14.2. The molecular formula is C33H38N2O3S. The smallest absolute Gasteiger partial charge is 0.264 e. The molecule has 3 aromatic carbocycles. The zero-order chi connectivity index (χ0) is 27.4. The third-order valence-electron chi connectivity index (χ3n) is 9.34. The predicted molar refractivity (Wildman–Crippen MR) is 157 cm³/mol. The van der Waals surface area contributed by atoms with Gasteiger partial charge in [0.05, 0.1) is 10.6 Å². The van der Waals surface area contributed by atoms with E-state index in [1.807, 2.05) is 45.0 Å².